The topological polar surface area (TPSA) is 71.3 Å². The summed E-state index contributed by atoms with van der Waals surface area (Å²) in [6, 6.07) is 9.71. The molecule has 0 radical (unpaired) electrons. The average molecular weight is 346 g/mol. The monoisotopic (exact) mass is 346 g/mol. The average Bonchev–Trinajstić information content (AvgIpc) is 2.95. The van der Waals surface area contributed by atoms with Crippen LogP contribution in [0.25, 0.3) is 10.9 Å². The van der Waals surface area contributed by atoms with Gasteiger partial charge in [-0.25, -0.2) is 4.79 Å². The number of aliphatic carboxylic acids is 1. The van der Waals surface area contributed by atoms with E-state index in [1.807, 2.05) is 34.9 Å². The third-order valence-electron chi connectivity index (χ3n) is 4.60. The predicted molar refractivity (Wildman–Crippen MR) is 96.6 cm³/mol. The summed E-state index contributed by atoms with van der Waals surface area (Å²) in [4.78, 5) is 24.7. The van der Waals surface area contributed by atoms with Gasteiger partial charge in [-0.15, -0.1) is 0 Å². The molecule has 0 spiro atoms. The highest BCUT2D eigenvalue weighted by molar-refractivity contribution is 7.99. The van der Waals surface area contributed by atoms with Crippen molar-refractivity contribution in [1.82, 2.24) is 9.88 Å². The minimum Gasteiger partial charge on any atom is -0.480 e. The van der Waals surface area contributed by atoms with E-state index in [1.165, 1.54) is 0 Å². The first-order valence-electron chi connectivity index (χ1n) is 8.29. The fraction of sp³-hybridized carbons (Fsp3) is 0.444. The van der Waals surface area contributed by atoms with Gasteiger partial charge in [0.05, 0.1) is 0 Å². The van der Waals surface area contributed by atoms with Gasteiger partial charge < -0.3 is 15.0 Å². The molecule has 1 aromatic carbocycles. The number of nitrogens with one attached hydrogen (secondary N) is 1. The van der Waals surface area contributed by atoms with Gasteiger partial charge in [-0.2, -0.15) is 11.8 Å². The van der Waals surface area contributed by atoms with Crippen molar-refractivity contribution in [2.45, 2.75) is 38.3 Å². The zero-order valence-electron chi connectivity index (χ0n) is 13.7. The van der Waals surface area contributed by atoms with E-state index in [0.717, 1.165) is 35.4 Å². The molecule has 24 heavy (non-hydrogen) atoms. The molecule has 0 saturated carbocycles. The van der Waals surface area contributed by atoms with Crippen LogP contribution in [0.2, 0.25) is 0 Å². The Balaban J connectivity index is 1.95. The second-order valence-electron chi connectivity index (χ2n) is 6.19. The molecule has 0 unspecified atom stereocenters. The van der Waals surface area contributed by atoms with E-state index in [4.69, 9.17) is 0 Å². The largest absolute Gasteiger partial charge is 0.480 e. The maximum atomic E-state index is 12.9. The lowest BCUT2D eigenvalue weighted by Gasteiger charge is -2.33. The van der Waals surface area contributed by atoms with E-state index in [0.29, 0.717) is 18.5 Å². The molecular formula is C18H22N2O3S. The van der Waals surface area contributed by atoms with Gasteiger partial charge in [0.2, 0.25) is 0 Å². The number of carbonyl (C=O) groups excluding carboxylic acids is 1. The van der Waals surface area contributed by atoms with Crippen molar-refractivity contribution < 1.29 is 14.7 Å². The van der Waals surface area contributed by atoms with Crippen molar-refractivity contribution in [3.05, 3.63) is 36.0 Å². The lowest BCUT2D eigenvalue weighted by Crippen LogP contribution is -2.56. The molecule has 6 heteroatoms. The van der Waals surface area contributed by atoms with Crippen LogP contribution < -0.4 is 5.32 Å². The van der Waals surface area contributed by atoms with E-state index < -0.39 is 11.5 Å². The standard InChI is InChI=1S/C18H22N2O3S/c1-2-9-20-14-6-4-3-5-13(14)12-15(20)16(21)19-18(17(22)23)7-10-24-11-8-18/h3-6,12H,2,7-11H2,1H3,(H,19,21)(H,22,23). The summed E-state index contributed by atoms with van der Waals surface area (Å²) in [6.45, 7) is 2.79. The number of aryl methyl sites for hydroxylation is 1. The summed E-state index contributed by atoms with van der Waals surface area (Å²) in [5, 5.41) is 13.5. The third-order valence-corrected chi connectivity index (χ3v) is 5.58. The van der Waals surface area contributed by atoms with Gasteiger partial charge in [0.1, 0.15) is 11.2 Å². The summed E-state index contributed by atoms with van der Waals surface area (Å²) in [7, 11) is 0. The summed E-state index contributed by atoms with van der Waals surface area (Å²) in [5.74, 6) is 0.276. The second kappa shape index (κ2) is 6.89. The summed E-state index contributed by atoms with van der Waals surface area (Å²) < 4.78 is 1.98. The molecule has 2 aromatic rings. The molecule has 3 rings (SSSR count). The molecule has 1 amide bonds. The van der Waals surface area contributed by atoms with Crippen LogP contribution in [0.15, 0.2) is 30.3 Å². The minimum atomic E-state index is -1.14. The summed E-state index contributed by atoms with van der Waals surface area (Å²) in [6.07, 6.45) is 1.83. The van der Waals surface area contributed by atoms with E-state index in [2.05, 4.69) is 12.2 Å². The molecule has 1 saturated heterocycles. The van der Waals surface area contributed by atoms with E-state index >= 15 is 0 Å². The number of hydrogen-bond donors (Lipinski definition) is 2. The highest BCUT2D eigenvalue weighted by Crippen LogP contribution is 2.28. The first-order valence-corrected chi connectivity index (χ1v) is 9.45. The Kier molecular flexibility index (Phi) is 4.85. The molecule has 1 aliphatic rings. The number of carboxylic acids is 1. The molecule has 1 fully saturated rings. The smallest absolute Gasteiger partial charge is 0.329 e. The summed E-state index contributed by atoms with van der Waals surface area (Å²) >= 11 is 1.73. The van der Waals surface area contributed by atoms with Crippen LogP contribution in [0.4, 0.5) is 0 Å². The molecule has 5 nitrogen and oxygen atoms in total. The Labute approximate surface area is 145 Å². The first kappa shape index (κ1) is 16.9. The van der Waals surface area contributed by atoms with Crippen molar-refractivity contribution in [3.8, 4) is 0 Å². The van der Waals surface area contributed by atoms with Crippen LogP contribution in [0.3, 0.4) is 0 Å². The number of fused-ring (bicyclic) bond motifs is 1. The highest BCUT2D eigenvalue weighted by Gasteiger charge is 2.41. The number of hydrogen-bond acceptors (Lipinski definition) is 3. The number of para-hydroxylation sites is 1. The van der Waals surface area contributed by atoms with Gasteiger partial charge in [-0.3, -0.25) is 4.79 Å². The Bertz CT molecular complexity index is 763. The Hall–Kier alpha value is -1.95. The van der Waals surface area contributed by atoms with Crippen molar-refractivity contribution in [2.24, 2.45) is 0 Å². The number of nitrogens with zero attached hydrogens (tertiary/aromatic N) is 1. The van der Waals surface area contributed by atoms with Crippen LogP contribution in [-0.4, -0.2) is 38.6 Å². The zero-order valence-corrected chi connectivity index (χ0v) is 14.6. The van der Waals surface area contributed by atoms with E-state index in [1.54, 1.807) is 11.8 Å². The van der Waals surface area contributed by atoms with Crippen LogP contribution in [0, 0.1) is 0 Å². The van der Waals surface area contributed by atoms with Crippen molar-refractivity contribution in [1.29, 1.82) is 0 Å². The normalized spacial score (nSPS) is 16.9. The molecule has 1 aliphatic heterocycles. The molecule has 2 N–H and O–H groups in total. The van der Waals surface area contributed by atoms with Crippen LogP contribution in [-0.2, 0) is 11.3 Å². The number of amides is 1. The molecule has 0 atom stereocenters. The van der Waals surface area contributed by atoms with Crippen LogP contribution >= 0.6 is 11.8 Å². The minimum absolute atomic E-state index is 0.297. The molecule has 128 valence electrons. The summed E-state index contributed by atoms with van der Waals surface area (Å²) in [5.41, 5.74) is 0.403. The van der Waals surface area contributed by atoms with Gasteiger partial charge in [0.15, 0.2) is 0 Å². The maximum Gasteiger partial charge on any atom is 0.329 e. The lowest BCUT2D eigenvalue weighted by molar-refractivity contribution is -0.144. The van der Waals surface area contributed by atoms with Crippen molar-refractivity contribution in [2.75, 3.05) is 11.5 Å². The zero-order chi connectivity index (χ0) is 17.2. The Morgan fingerprint density at radius 2 is 2.00 bits per heavy atom. The van der Waals surface area contributed by atoms with E-state index in [-0.39, 0.29) is 5.91 Å². The van der Waals surface area contributed by atoms with Gasteiger partial charge in [0, 0.05) is 17.4 Å². The van der Waals surface area contributed by atoms with Gasteiger partial charge in [-0.05, 0) is 42.9 Å². The van der Waals surface area contributed by atoms with Gasteiger partial charge >= 0.3 is 5.97 Å². The number of benzene rings is 1. The molecule has 0 aliphatic carbocycles. The van der Waals surface area contributed by atoms with Crippen LogP contribution in [0.5, 0.6) is 0 Å². The first-order chi connectivity index (χ1) is 11.6. The number of aromatic nitrogens is 1. The second-order valence-corrected chi connectivity index (χ2v) is 7.42. The third kappa shape index (κ3) is 3.02. The highest BCUT2D eigenvalue weighted by atomic mass is 32.2. The van der Waals surface area contributed by atoms with E-state index in [9.17, 15) is 14.7 Å². The molecule has 2 heterocycles. The maximum absolute atomic E-state index is 12.9. The van der Waals surface area contributed by atoms with Crippen molar-refractivity contribution >= 4 is 34.5 Å². The predicted octanol–water partition coefficient (Wildman–Crippen LogP) is 3.13. The lowest BCUT2D eigenvalue weighted by atomic mass is 9.92. The Morgan fingerprint density at radius 1 is 1.29 bits per heavy atom. The number of carboxylic acid groups (broad SMARTS) is 1. The number of thioether (sulfide) groups is 1. The van der Waals surface area contributed by atoms with Crippen LogP contribution in [0.1, 0.15) is 36.7 Å². The van der Waals surface area contributed by atoms with Gasteiger partial charge in [-0.1, -0.05) is 25.1 Å². The number of rotatable bonds is 5. The fourth-order valence-electron chi connectivity index (χ4n) is 3.26. The number of carbonyl (C=O) groups is 2. The quantitative estimate of drug-likeness (QED) is 0.872. The van der Waals surface area contributed by atoms with Gasteiger partial charge in [0.25, 0.3) is 5.91 Å². The van der Waals surface area contributed by atoms with Crippen molar-refractivity contribution in [3.63, 3.8) is 0 Å². The molecular weight excluding hydrogens is 324 g/mol. The Morgan fingerprint density at radius 3 is 2.67 bits per heavy atom. The molecule has 0 bridgehead atoms. The SMILES string of the molecule is CCCn1c(C(=O)NC2(C(=O)O)CCSCC2)cc2ccccc21. The fourth-order valence-corrected chi connectivity index (χ4v) is 4.45. The molecule has 1 aromatic heterocycles.